The maximum absolute atomic E-state index is 11.5. The maximum atomic E-state index is 11.5. The van der Waals surface area contributed by atoms with Gasteiger partial charge in [0.15, 0.2) is 0 Å². The van der Waals surface area contributed by atoms with Gasteiger partial charge in [0, 0.05) is 0 Å². The van der Waals surface area contributed by atoms with E-state index in [0.29, 0.717) is 13.2 Å². The van der Waals surface area contributed by atoms with Gasteiger partial charge in [0.1, 0.15) is 0 Å². The Bertz CT molecular complexity index is 396. The third kappa shape index (κ3) is 5.18. The summed E-state index contributed by atoms with van der Waals surface area (Å²) in [5, 5.41) is 0. The summed E-state index contributed by atoms with van der Waals surface area (Å²) in [6.45, 7) is 2.84. The van der Waals surface area contributed by atoms with Crippen molar-refractivity contribution < 1.29 is 19.1 Å². The molecule has 1 fully saturated rings. The van der Waals surface area contributed by atoms with Crippen molar-refractivity contribution in [2.24, 2.45) is 11.8 Å². The van der Waals surface area contributed by atoms with Crippen LogP contribution in [0, 0.1) is 11.8 Å². The number of rotatable bonds is 10. The van der Waals surface area contributed by atoms with Crippen LogP contribution >= 0.6 is 0 Å². The first-order valence-electron chi connectivity index (χ1n) is 8.26. The first-order valence-corrected chi connectivity index (χ1v) is 8.26. The molecule has 0 aromatic rings. The summed E-state index contributed by atoms with van der Waals surface area (Å²) in [6, 6.07) is 0. The van der Waals surface area contributed by atoms with Crippen LogP contribution in [0.15, 0.2) is 11.6 Å². The molecule has 4 heteroatoms. The molecule has 0 saturated heterocycles. The highest BCUT2D eigenvalue weighted by atomic mass is 16.5. The molecule has 1 unspecified atom stereocenters. The summed E-state index contributed by atoms with van der Waals surface area (Å²) in [5.74, 6) is 0.0528. The fraction of sp³-hybridized carbons (Fsp3) is 0.765. The number of hydrogen-bond acceptors (Lipinski definition) is 4. The quantitative estimate of drug-likeness (QED) is 0.352. The predicted molar refractivity (Wildman–Crippen MR) is 79.6 cm³/mol. The normalized spacial score (nSPS) is 20.4. The van der Waals surface area contributed by atoms with E-state index in [9.17, 15) is 9.59 Å². The van der Waals surface area contributed by atoms with Crippen molar-refractivity contribution in [3.05, 3.63) is 11.6 Å². The number of esters is 2. The number of ether oxygens (including phenoxy) is 2. The first-order chi connectivity index (χ1) is 10.2. The standard InChI is InChI=1S/C17H26O4/c1-2-20-17(19)15-12-14(15)8-5-3-4-6-11-21-16(18)13-9-7-10-13/h12-13,15H,2-11H2,1H3. The molecule has 0 spiro atoms. The number of carbonyl (C=O) groups is 2. The molecule has 0 bridgehead atoms. The Morgan fingerprint density at radius 3 is 2.52 bits per heavy atom. The van der Waals surface area contributed by atoms with Crippen molar-refractivity contribution in [1.82, 2.24) is 0 Å². The van der Waals surface area contributed by atoms with Gasteiger partial charge in [0.25, 0.3) is 0 Å². The van der Waals surface area contributed by atoms with Crippen LogP contribution in [0.25, 0.3) is 0 Å². The van der Waals surface area contributed by atoms with E-state index < -0.39 is 0 Å². The summed E-state index contributed by atoms with van der Waals surface area (Å²) in [7, 11) is 0. The van der Waals surface area contributed by atoms with E-state index in [1.54, 1.807) is 0 Å². The molecule has 118 valence electrons. The van der Waals surface area contributed by atoms with E-state index >= 15 is 0 Å². The Kier molecular flexibility index (Phi) is 6.27. The summed E-state index contributed by atoms with van der Waals surface area (Å²) in [5.41, 5.74) is 1.23. The van der Waals surface area contributed by atoms with Gasteiger partial charge < -0.3 is 9.47 Å². The molecule has 4 nitrogen and oxygen atoms in total. The Morgan fingerprint density at radius 1 is 1.10 bits per heavy atom. The molecule has 2 aliphatic rings. The maximum Gasteiger partial charge on any atom is 0.316 e. The minimum atomic E-state index is -0.101. The highest BCUT2D eigenvalue weighted by molar-refractivity contribution is 5.83. The summed E-state index contributed by atoms with van der Waals surface area (Å²) < 4.78 is 10.2. The lowest BCUT2D eigenvalue weighted by molar-refractivity contribution is -0.151. The van der Waals surface area contributed by atoms with Crippen molar-refractivity contribution >= 4 is 11.9 Å². The lowest BCUT2D eigenvalue weighted by Gasteiger charge is -2.22. The second-order valence-electron chi connectivity index (χ2n) is 5.93. The molecular weight excluding hydrogens is 268 g/mol. The van der Waals surface area contributed by atoms with Crippen LogP contribution in [-0.2, 0) is 19.1 Å². The zero-order valence-electron chi connectivity index (χ0n) is 12.9. The number of unbranched alkanes of at least 4 members (excludes halogenated alkanes) is 3. The van der Waals surface area contributed by atoms with Crippen LogP contribution in [0.2, 0.25) is 0 Å². The van der Waals surface area contributed by atoms with Gasteiger partial charge in [0.05, 0.1) is 25.0 Å². The average molecular weight is 294 g/mol. The summed E-state index contributed by atoms with van der Waals surface area (Å²) in [6.07, 6.45) is 10.4. The molecule has 0 N–H and O–H groups in total. The Morgan fingerprint density at radius 2 is 1.86 bits per heavy atom. The molecule has 2 aliphatic carbocycles. The molecule has 2 rings (SSSR count). The minimum Gasteiger partial charge on any atom is -0.465 e. The van der Waals surface area contributed by atoms with Gasteiger partial charge in [0.2, 0.25) is 0 Å². The molecule has 0 aromatic carbocycles. The van der Waals surface area contributed by atoms with Gasteiger partial charge in [-0.25, -0.2) is 0 Å². The highest BCUT2D eigenvalue weighted by Crippen LogP contribution is 2.34. The fourth-order valence-corrected chi connectivity index (χ4v) is 2.58. The van der Waals surface area contributed by atoms with Gasteiger partial charge >= 0.3 is 11.9 Å². The molecule has 1 saturated carbocycles. The number of hydrogen-bond donors (Lipinski definition) is 0. The smallest absolute Gasteiger partial charge is 0.316 e. The fourth-order valence-electron chi connectivity index (χ4n) is 2.58. The highest BCUT2D eigenvalue weighted by Gasteiger charge is 2.32. The second kappa shape index (κ2) is 8.20. The van der Waals surface area contributed by atoms with Crippen LogP contribution in [0.3, 0.4) is 0 Å². The van der Waals surface area contributed by atoms with Crippen LogP contribution in [-0.4, -0.2) is 25.2 Å². The zero-order valence-corrected chi connectivity index (χ0v) is 12.9. The van der Waals surface area contributed by atoms with Gasteiger partial charge in [-0.05, 0) is 39.0 Å². The molecule has 0 amide bonds. The van der Waals surface area contributed by atoms with E-state index in [0.717, 1.165) is 44.9 Å². The lowest BCUT2D eigenvalue weighted by Crippen LogP contribution is -2.24. The lowest BCUT2D eigenvalue weighted by atomic mass is 9.86. The Balaban J connectivity index is 1.38. The molecule has 21 heavy (non-hydrogen) atoms. The van der Waals surface area contributed by atoms with Crippen LogP contribution in [0.5, 0.6) is 0 Å². The van der Waals surface area contributed by atoms with Gasteiger partial charge in [-0.2, -0.15) is 0 Å². The molecule has 0 radical (unpaired) electrons. The summed E-state index contributed by atoms with van der Waals surface area (Å²) >= 11 is 0. The Labute approximate surface area is 126 Å². The van der Waals surface area contributed by atoms with Gasteiger partial charge in [-0.15, -0.1) is 0 Å². The van der Waals surface area contributed by atoms with Crippen LogP contribution in [0.4, 0.5) is 0 Å². The molecule has 0 aliphatic heterocycles. The van der Waals surface area contributed by atoms with Crippen molar-refractivity contribution in [2.45, 2.75) is 58.3 Å². The minimum absolute atomic E-state index is 0.00154. The summed E-state index contributed by atoms with van der Waals surface area (Å²) in [4.78, 5) is 22.9. The monoisotopic (exact) mass is 294 g/mol. The van der Waals surface area contributed by atoms with E-state index in [1.165, 1.54) is 12.0 Å². The van der Waals surface area contributed by atoms with E-state index in [-0.39, 0.29) is 23.8 Å². The van der Waals surface area contributed by atoms with Gasteiger partial charge in [-0.3, -0.25) is 9.59 Å². The predicted octanol–water partition coefficient (Wildman–Crippen LogP) is 3.40. The Hall–Kier alpha value is -1.32. The largest absolute Gasteiger partial charge is 0.465 e. The van der Waals surface area contributed by atoms with Crippen molar-refractivity contribution in [3.63, 3.8) is 0 Å². The third-order valence-corrected chi connectivity index (χ3v) is 4.25. The van der Waals surface area contributed by atoms with E-state index in [2.05, 4.69) is 0 Å². The first kappa shape index (κ1) is 16.1. The SMILES string of the molecule is CCOC(=O)C1C=C1CCCCCCOC(=O)C1CCC1. The van der Waals surface area contributed by atoms with Crippen molar-refractivity contribution in [1.29, 1.82) is 0 Å². The average Bonchev–Trinajstić information content (AvgIpc) is 3.15. The zero-order chi connectivity index (χ0) is 15.1. The molecule has 0 heterocycles. The second-order valence-corrected chi connectivity index (χ2v) is 5.93. The molecular formula is C17H26O4. The molecule has 1 atom stereocenters. The molecule has 0 aromatic heterocycles. The third-order valence-electron chi connectivity index (χ3n) is 4.25. The van der Waals surface area contributed by atoms with Gasteiger partial charge in [-0.1, -0.05) is 30.9 Å². The topological polar surface area (TPSA) is 52.6 Å². The van der Waals surface area contributed by atoms with E-state index in [4.69, 9.17) is 9.47 Å². The number of carbonyl (C=O) groups excluding carboxylic acids is 2. The van der Waals surface area contributed by atoms with Crippen molar-refractivity contribution in [3.8, 4) is 0 Å². The van der Waals surface area contributed by atoms with Crippen LogP contribution < -0.4 is 0 Å². The van der Waals surface area contributed by atoms with E-state index in [1.807, 2.05) is 13.0 Å². The van der Waals surface area contributed by atoms with Crippen molar-refractivity contribution in [2.75, 3.05) is 13.2 Å². The van der Waals surface area contributed by atoms with Crippen LogP contribution in [0.1, 0.15) is 58.3 Å².